The summed E-state index contributed by atoms with van der Waals surface area (Å²) in [6.45, 7) is 6.01. The van der Waals surface area contributed by atoms with Crippen molar-refractivity contribution in [2.24, 2.45) is 11.8 Å². The molecule has 1 aromatic heterocycles. The van der Waals surface area contributed by atoms with E-state index in [2.05, 4.69) is 4.98 Å². The third-order valence-electron chi connectivity index (χ3n) is 5.04. The van der Waals surface area contributed by atoms with Crippen LogP contribution in [0.3, 0.4) is 0 Å². The highest BCUT2D eigenvalue weighted by molar-refractivity contribution is 7.09. The molecule has 2 bridgehead atoms. The highest BCUT2D eigenvalue weighted by Crippen LogP contribution is 2.35. The van der Waals surface area contributed by atoms with Gasteiger partial charge in [-0.2, -0.15) is 0 Å². The number of amides is 1. The molecule has 128 valence electrons. The van der Waals surface area contributed by atoms with Crippen LogP contribution in [0.4, 0.5) is 0 Å². The average molecular weight is 338 g/mol. The summed E-state index contributed by atoms with van der Waals surface area (Å²) in [5, 5.41) is 13.1. The Bertz CT molecular complexity index is 534. The normalized spacial score (nSPS) is 28.7. The number of carbonyl (C=O) groups excluding carboxylic acids is 1. The van der Waals surface area contributed by atoms with Crippen molar-refractivity contribution in [1.82, 2.24) is 9.88 Å². The molecule has 3 rings (SSSR count). The van der Waals surface area contributed by atoms with Gasteiger partial charge in [0.1, 0.15) is 11.1 Å². The van der Waals surface area contributed by atoms with Gasteiger partial charge in [-0.3, -0.25) is 4.79 Å². The molecule has 2 heterocycles. The minimum absolute atomic E-state index is 0.0154. The Morgan fingerprint density at radius 2 is 2.17 bits per heavy atom. The Morgan fingerprint density at radius 1 is 1.48 bits per heavy atom. The van der Waals surface area contributed by atoms with E-state index in [1.54, 1.807) is 11.3 Å². The standard InChI is InChI=1S/C17H26N2O3S/c1-3-22-11(2)17-18-14(10-23-17)7-15(20)19-8-12-5-4-6-13(9-19)16(12)21/h10-13,16,21H,3-9H2,1-2H3. The van der Waals surface area contributed by atoms with Crippen molar-refractivity contribution in [2.45, 2.75) is 51.7 Å². The predicted molar refractivity (Wildman–Crippen MR) is 89.3 cm³/mol. The molecule has 5 nitrogen and oxygen atoms in total. The van der Waals surface area contributed by atoms with Gasteiger partial charge in [-0.15, -0.1) is 11.3 Å². The summed E-state index contributed by atoms with van der Waals surface area (Å²) in [6.07, 6.45) is 3.37. The summed E-state index contributed by atoms with van der Waals surface area (Å²) in [5.41, 5.74) is 0.831. The van der Waals surface area contributed by atoms with Gasteiger partial charge >= 0.3 is 0 Å². The first-order valence-electron chi connectivity index (χ1n) is 8.60. The summed E-state index contributed by atoms with van der Waals surface area (Å²) in [7, 11) is 0. The van der Waals surface area contributed by atoms with E-state index < -0.39 is 0 Å². The number of likely N-dealkylation sites (tertiary alicyclic amines) is 1. The van der Waals surface area contributed by atoms with E-state index in [0.29, 0.717) is 26.1 Å². The van der Waals surface area contributed by atoms with Crippen LogP contribution >= 0.6 is 11.3 Å². The first-order chi connectivity index (χ1) is 11.1. The Morgan fingerprint density at radius 3 is 2.83 bits per heavy atom. The van der Waals surface area contributed by atoms with Crippen LogP contribution in [0.1, 0.15) is 49.9 Å². The fraction of sp³-hybridized carbons (Fsp3) is 0.765. The zero-order valence-electron chi connectivity index (χ0n) is 13.9. The lowest BCUT2D eigenvalue weighted by Gasteiger charge is -2.45. The van der Waals surface area contributed by atoms with Crippen molar-refractivity contribution in [2.75, 3.05) is 19.7 Å². The first kappa shape index (κ1) is 16.9. The number of carbonyl (C=O) groups is 1. The van der Waals surface area contributed by atoms with Crippen LogP contribution in [0, 0.1) is 11.8 Å². The zero-order chi connectivity index (χ0) is 16.4. The number of rotatable bonds is 5. The molecule has 1 amide bonds. The molecule has 1 aliphatic heterocycles. The fourth-order valence-electron chi connectivity index (χ4n) is 3.79. The number of aliphatic hydroxyl groups excluding tert-OH is 1. The van der Waals surface area contributed by atoms with Crippen molar-refractivity contribution in [3.05, 3.63) is 16.1 Å². The lowest BCUT2D eigenvalue weighted by atomic mass is 9.75. The van der Waals surface area contributed by atoms with Crippen LogP contribution in [0.5, 0.6) is 0 Å². The molecule has 1 aromatic rings. The Labute approximate surface area is 141 Å². The van der Waals surface area contributed by atoms with Gasteiger partial charge in [0.05, 0.1) is 18.2 Å². The second-order valence-corrected chi connectivity index (χ2v) is 7.58. The van der Waals surface area contributed by atoms with Gasteiger partial charge in [0.25, 0.3) is 0 Å². The maximum atomic E-state index is 12.6. The summed E-state index contributed by atoms with van der Waals surface area (Å²) >= 11 is 1.56. The molecule has 23 heavy (non-hydrogen) atoms. The molecular weight excluding hydrogens is 312 g/mol. The second kappa shape index (κ2) is 7.28. The summed E-state index contributed by atoms with van der Waals surface area (Å²) in [5.74, 6) is 0.653. The summed E-state index contributed by atoms with van der Waals surface area (Å²) < 4.78 is 5.55. The van der Waals surface area contributed by atoms with Gasteiger partial charge in [-0.1, -0.05) is 6.42 Å². The van der Waals surface area contributed by atoms with E-state index >= 15 is 0 Å². The van der Waals surface area contributed by atoms with Gasteiger partial charge in [-0.25, -0.2) is 4.98 Å². The van der Waals surface area contributed by atoms with Gasteiger partial charge < -0.3 is 14.7 Å². The van der Waals surface area contributed by atoms with Crippen molar-refractivity contribution < 1.29 is 14.6 Å². The molecule has 0 aromatic carbocycles. The summed E-state index contributed by atoms with van der Waals surface area (Å²) in [4.78, 5) is 19.1. The Hall–Kier alpha value is -0.980. The Balaban J connectivity index is 1.59. The van der Waals surface area contributed by atoms with Crippen LogP contribution in [0.15, 0.2) is 5.38 Å². The molecule has 3 atom stereocenters. The topological polar surface area (TPSA) is 62.7 Å². The minimum atomic E-state index is -0.217. The van der Waals surface area contributed by atoms with E-state index in [0.717, 1.165) is 23.5 Å². The van der Waals surface area contributed by atoms with Crippen molar-refractivity contribution in [3.63, 3.8) is 0 Å². The monoisotopic (exact) mass is 338 g/mol. The van der Waals surface area contributed by atoms with E-state index in [-0.39, 0.29) is 30.0 Å². The van der Waals surface area contributed by atoms with Crippen LogP contribution in [-0.4, -0.2) is 46.7 Å². The van der Waals surface area contributed by atoms with Crippen molar-refractivity contribution in [3.8, 4) is 0 Å². The molecule has 1 saturated carbocycles. The SMILES string of the molecule is CCOC(C)c1nc(CC(=O)N2CC3CCCC(C2)C3O)cs1. The fourth-order valence-corrected chi connectivity index (χ4v) is 4.61. The number of nitrogens with zero attached hydrogens (tertiary/aromatic N) is 2. The van der Waals surface area contributed by atoms with Crippen LogP contribution in [0.25, 0.3) is 0 Å². The van der Waals surface area contributed by atoms with Crippen LogP contribution in [0.2, 0.25) is 0 Å². The number of ether oxygens (including phenoxy) is 1. The van der Waals surface area contributed by atoms with Crippen molar-refractivity contribution >= 4 is 17.2 Å². The molecule has 3 unspecified atom stereocenters. The molecule has 1 aliphatic carbocycles. The quantitative estimate of drug-likeness (QED) is 0.895. The molecule has 0 spiro atoms. The number of hydrogen-bond acceptors (Lipinski definition) is 5. The molecular formula is C17H26N2O3S. The third-order valence-corrected chi connectivity index (χ3v) is 6.10. The molecule has 2 aliphatic rings. The predicted octanol–water partition coefficient (Wildman–Crippen LogP) is 2.40. The number of fused-ring (bicyclic) bond motifs is 2. The third kappa shape index (κ3) is 3.75. The molecule has 6 heteroatoms. The van der Waals surface area contributed by atoms with E-state index in [9.17, 15) is 9.90 Å². The molecule has 1 N–H and O–H groups in total. The van der Waals surface area contributed by atoms with Crippen LogP contribution < -0.4 is 0 Å². The molecule has 1 saturated heterocycles. The molecule has 0 radical (unpaired) electrons. The number of aromatic nitrogens is 1. The van der Waals surface area contributed by atoms with E-state index in [1.807, 2.05) is 24.1 Å². The smallest absolute Gasteiger partial charge is 0.228 e. The number of thiazole rings is 1. The number of hydrogen-bond donors (Lipinski definition) is 1. The first-order valence-corrected chi connectivity index (χ1v) is 9.48. The second-order valence-electron chi connectivity index (χ2n) is 6.69. The number of aliphatic hydroxyl groups is 1. The average Bonchev–Trinajstić information content (AvgIpc) is 2.95. The van der Waals surface area contributed by atoms with E-state index in [4.69, 9.17) is 4.74 Å². The van der Waals surface area contributed by atoms with E-state index in [1.165, 1.54) is 6.42 Å². The highest BCUT2D eigenvalue weighted by Gasteiger charge is 2.39. The zero-order valence-corrected chi connectivity index (χ0v) is 14.7. The highest BCUT2D eigenvalue weighted by atomic mass is 32.1. The number of piperidine rings is 1. The maximum absolute atomic E-state index is 12.6. The minimum Gasteiger partial charge on any atom is -0.392 e. The maximum Gasteiger partial charge on any atom is 0.228 e. The summed E-state index contributed by atoms with van der Waals surface area (Å²) in [6, 6.07) is 0. The van der Waals surface area contributed by atoms with Gasteiger partial charge in [0.2, 0.25) is 5.91 Å². The van der Waals surface area contributed by atoms with Gasteiger partial charge in [0.15, 0.2) is 0 Å². The van der Waals surface area contributed by atoms with Crippen LogP contribution in [-0.2, 0) is 16.0 Å². The lowest BCUT2D eigenvalue weighted by Crippen LogP contribution is -2.53. The largest absolute Gasteiger partial charge is 0.392 e. The van der Waals surface area contributed by atoms with Gasteiger partial charge in [-0.05, 0) is 26.7 Å². The molecule has 2 fully saturated rings. The van der Waals surface area contributed by atoms with Gasteiger partial charge in [0, 0.05) is 36.9 Å². The lowest BCUT2D eigenvalue weighted by molar-refractivity contribution is -0.139. The Kier molecular flexibility index (Phi) is 5.34. The van der Waals surface area contributed by atoms with Crippen molar-refractivity contribution in [1.29, 1.82) is 0 Å².